The van der Waals surface area contributed by atoms with Gasteiger partial charge in [0, 0.05) is 18.3 Å². The van der Waals surface area contributed by atoms with Crippen LogP contribution in [0.3, 0.4) is 0 Å². The zero-order valence-electron chi connectivity index (χ0n) is 26.2. The van der Waals surface area contributed by atoms with Crippen molar-refractivity contribution in [2.75, 3.05) is 44.9 Å². The maximum Gasteiger partial charge on any atom is 0.299 e. The van der Waals surface area contributed by atoms with E-state index in [1.807, 2.05) is 0 Å². The van der Waals surface area contributed by atoms with Crippen LogP contribution in [0.2, 0.25) is 0 Å². The fourth-order valence-electron chi connectivity index (χ4n) is 5.66. The Morgan fingerprint density at radius 3 is 2.27 bits per heavy atom. The van der Waals surface area contributed by atoms with Crippen LogP contribution in [0.25, 0.3) is 0 Å². The van der Waals surface area contributed by atoms with Gasteiger partial charge in [-0.05, 0) is 59.7 Å². The summed E-state index contributed by atoms with van der Waals surface area (Å²) in [6.45, 7) is -0.727. The van der Waals surface area contributed by atoms with Crippen LogP contribution in [-0.2, 0) is 20.9 Å². The van der Waals surface area contributed by atoms with Gasteiger partial charge in [-0.3, -0.25) is 24.1 Å². The second-order valence-corrected chi connectivity index (χ2v) is 10.8. The summed E-state index contributed by atoms with van der Waals surface area (Å²) < 4.78 is 41.4. The lowest BCUT2D eigenvalue weighted by molar-refractivity contribution is -0.139. The van der Waals surface area contributed by atoms with Gasteiger partial charge >= 0.3 is 0 Å². The first kappa shape index (κ1) is 31.9. The second-order valence-electron chi connectivity index (χ2n) is 10.8. The molecule has 0 unspecified atom stereocenters. The Morgan fingerprint density at radius 1 is 0.896 bits per heavy atom. The molecule has 2 aliphatic heterocycles. The number of amides is 3. The number of halogens is 1. The normalized spacial score (nSPS) is 13.5. The minimum Gasteiger partial charge on any atom is -0.493 e. The number of ketones is 1. The van der Waals surface area contributed by atoms with Crippen molar-refractivity contribution in [1.82, 2.24) is 4.90 Å². The van der Waals surface area contributed by atoms with Gasteiger partial charge in [-0.25, -0.2) is 4.39 Å². The molecule has 0 aliphatic carbocycles. The maximum absolute atomic E-state index is 14.4. The highest BCUT2D eigenvalue weighted by atomic mass is 19.1. The molecule has 0 saturated carbocycles. The summed E-state index contributed by atoms with van der Waals surface area (Å²) in [6.07, 6.45) is 0. The molecule has 13 heteroatoms. The van der Waals surface area contributed by atoms with E-state index in [2.05, 4.69) is 5.32 Å². The lowest BCUT2D eigenvalue weighted by atomic mass is 10.0. The third-order valence-corrected chi connectivity index (χ3v) is 7.96. The molecular formula is C35H30FN3O9. The predicted molar refractivity (Wildman–Crippen MR) is 170 cm³/mol. The van der Waals surface area contributed by atoms with Crippen molar-refractivity contribution in [3.8, 4) is 28.7 Å². The summed E-state index contributed by atoms with van der Waals surface area (Å²) in [7, 11) is 4.26. The first-order valence-corrected chi connectivity index (χ1v) is 14.7. The summed E-state index contributed by atoms with van der Waals surface area (Å²) >= 11 is 0. The number of hydrogen-bond donors (Lipinski definition) is 1. The molecule has 0 saturated heterocycles. The standard InChI is InChI=1S/C35H30FN3O9/c1-44-28-14-21(15-29(45-2)33(28)46-3)31(34(42)37-23-12-13-26-27(16-23)48-19-47-26)39(17-20-8-10-22(36)11-9-20)30(40)18-38-25-7-5-4-6-24(25)32(41)35(38)43/h4-16,31H,17-19H2,1-3H3,(H,37,42)/t31-/m1/s1. The summed E-state index contributed by atoms with van der Waals surface area (Å²) in [5.74, 6) is -1.82. The topological polar surface area (TPSA) is 133 Å². The quantitative estimate of drug-likeness (QED) is 0.232. The minimum atomic E-state index is -1.38. The summed E-state index contributed by atoms with van der Waals surface area (Å²) in [5, 5.41) is 2.85. The molecule has 0 bridgehead atoms. The zero-order valence-corrected chi connectivity index (χ0v) is 26.2. The number of methoxy groups -OCH3 is 3. The van der Waals surface area contributed by atoms with Gasteiger partial charge < -0.3 is 33.9 Å². The lowest BCUT2D eigenvalue weighted by Gasteiger charge is -2.33. The summed E-state index contributed by atoms with van der Waals surface area (Å²) in [5.41, 5.74) is 1.55. The van der Waals surface area contributed by atoms with E-state index in [9.17, 15) is 23.6 Å². The van der Waals surface area contributed by atoms with Crippen molar-refractivity contribution in [3.05, 3.63) is 101 Å². The average molecular weight is 656 g/mol. The molecule has 0 radical (unpaired) electrons. The number of rotatable bonds is 11. The minimum absolute atomic E-state index is 0.0294. The molecule has 0 spiro atoms. The number of carbonyl (C=O) groups is 4. The van der Waals surface area contributed by atoms with E-state index in [1.165, 1.54) is 68.7 Å². The van der Waals surface area contributed by atoms with Gasteiger partial charge in [-0.2, -0.15) is 0 Å². The van der Waals surface area contributed by atoms with Crippen LogP contribution < -0.4 is 33.9 Å². The number of benzene rings is 4. The smallest absolute Gasteiger partial charge is 0.299 e. The average Bonchev–Trinajstić information content (AvgIpc) is 3.66. The number of Topliss-reactive ketones (excluding diaryl/α,β-unsaturated/α-hetero) is 1. The van der Waals surface area contributed by atoms with E-state index in [0.29, 0.717) is 22.7 Å². The second kappa shape index (κ2) is 13.3. The number of carbonyl (C=O) groups excluding carboxylic acids is 4. The number of fused-ring (bicyclic) bond motifs is 2. The molecule has 1 N–H and O–H groups in total. The molecule has 1 atom stereocenters. The fraction of sp³-hybridized carbons (Fsp3) is 0.200. The highest BCUT2D eigenvalue weighted by Gasteiger charge is 2.40. The van der Waals surface area contributed by atoms with Crippen LogP contribution in [-0.4, -0.2) is 63.1 Å². The number of ether oxygens (including phenoxy) is 5. The molecule has 0 fully saturated rings. The van der Waals surface area contributed by atoms with E-state index in [0.717, 1.165) is 4.90 Å². The van der Waals surface area contributed by atoms with Gasteiger partial charge in [0.05, 0.1) is 32.6 Å². The van der Waals surface area contributed by atoms with Crippen LogP contribution in [0.4, 0.5) is 15.8 Å². The Hall–Kier alpha value is -6.11. The highest BCUT2D eigenvalue weighted by Crippen LogP contribution is 2.42. The van der Waals surface area contributed by atoms with Gasteiger partial charge in [0.25, 0.3) is 17.6 Å². The summed E-state index contributed by atoms with van der Waals surface area (Å²) in [4.78, 5) is 57.0. The summed E-state index contributed by atoms with van der Waals surface area (Å²) in [6, 6.07) is 18.3. The van der Waals surface area contributed by atoms with Gasteiger partial charge in [0.1, 0.15) is 18.4 Å². The number of anilines is 2. The molecular weight excluding hydrogens is 625 g/mol. The van der Waals surface area contributed by atoms with Crippen molar-refractivity contribution in [2.24, 2.45) is 0 Å². The Labute approximate surface area is 274 Å². The highest BCUT2D eigenvalue weighted by molar-refractivity contribution is 6.52. The number of para-hydroxylation sites is 1. The first-order chi connectivity index (χ1) is 23.2. The van der Waals surface area contributed by atoms with E-state index in [1.54, 1.807) is 36.4 Å². The lowest BCUT2D eigenvalue weighted by Crippen LogP contribution is -2.46. The van der Waals surface area contributed by atoms with Crippen molar-refractivity contribution in [2.45, 2.75) is 12.6 Å². The van der Waals surface area contributed by atoms with Crippen LogP contribution >= 0.6 is 0 Å². The maximum atomic E-state index is 14.4. The largest absolute Gasteiger partial charge is 0.493 e. The number of nitrogens with one attached hydrogen (secondary N) is 1. The van der Waals surface area contributed by atoms with Crippen molar-refractivity contribution in [3.63, 3.8) is 0 Å². The monoisotopic (exact) mass is 655 g/mol. The predicted octanol–water partition coefficient (Wildman–Crippen LogP) is 4.52. The van der Waals surface area contributed by atoms with Crippen LogP contribution in [0.5, 0.6) is 28.7 Å². The van der Waals surface area contributed by atoms with E-state index >= 15 is 0 Å². The van der Waals surface area contributed by atoms with Gasteiger partial charge in [-0.15, -0.1) is 0 Å². The fourth-order valence-corrected chi connectivity index (χ4v) is 5.66. The molecule has 3 amide bonds. The third-order valence-electron chi connectivity index (χ3n) is 7.96. The molecule has 4 aromatic carbocycles. The Balaban J connectivity index is 1.46. The Bertz CT molecular complexity index is 1890. The molecule has 246 valence electrons. The Kier molecular flexibility index (Phi) is 8.84. The van der Waals surface area contributed by atoms with E-state index in [-0.39, 0.29) is 47.4 Å². The molecule has 2 heterocycles. The van der Waals surface area contributed by atoms with Crippen LogP contribution in [0.1, 0.15) is 27.5 Å². The Morgan fingerprint density at radius 2 is 1.58 bits per heavy atom. The van der Waals surface area contributed by atoms with Crippen LogP contribution in [0, 0.1) is 5.82 Å². The van der Waals surface area contributed by atoms with Crippen molar-refractivity contribution in [1.29, 1.82) is 0 Å². The zero-order chi connectivity index (χ0) is 33.9. The van der Waals surface area contributed by atoms with Crippen LogP contribution in [0.15, 0.2) is 78.9 Å². The SMILES string of the molecule is COc1cc([C@H](C(=O)Nc2ccc3c(c2)OCO3)N(Cc2ccc(F)cc2)C(=O)CN2C(=O)C(=O)c3ccccc32)cc(OC)c1OC. The molecule has 2 aliphatic rings. The van der Waals surface area contributed by atoms with Gasteiger partial charge in [0.2, 0.25) is 18.4 Å². The van der Waals surface area contributed by atoms with Crippen molar-refractivity contribution < 1.29 is 47.3 Å². The molecule has 48 heavy (non-hydrogen) atoms. The molecule has 4 aromatic rings. The molecule has 6 rings (SSSR count). The number of hydrogen-bond acceptors (Lipinski definition) is 9. The third kappa shape index (κ3) is 6.05. The van der Waals surface area contributed by atoms with E-state index in [4.69, 9.17) is 23.7 Å². The van der Waals surface area contributed by atoms with Gasteiger partial charge in [-0.1, -0.05) is 24.3 Å². The molecule has 12 nitrogen and oxygen atoms in total. The van der Waals surface area contributed by atoms with Gasteiger partial charge in [0.15, 0.2) is 23.0 Å². The first-order valence-electron chi connectivity index (χ1n) is 14.7. The van der Waals surface area contributed by atoms with Crippen molar-refractivity contribution >= 4 is 34.9 Å². The van der Waals surface area contributed by atoms with E-state index < -0.39 is 41.9 Å². The number of nitrogens with zero attached hydrogens (tertiary/aromatic N) is 2. The molecule has 0 aromatic heterocycles.